The van der Waals surface area contributed by atoms with Gasteiger partial charge in [0.05, 0.1) is 6.04 Å². The largest absolute Gasteiger partial charge is 0.298 e. The predicted molar refractivity (Wildman–Crippen MR) is 71.2 cm³/mol. The highest BCUT2D eigenvalue weighted by molar-refractivity contribution is 7.10. The Kier molecular flexibility index (Phi) is 4.14. The maximum absolute atomic E-state index is 11.7. The lowest BCUT2D eigenvalue weighted by molar-refractivity contribution is -0.134. The van der Waals surface area contributed by atoms with Crippen LogP contribution in [0.4, 0.5) is 0 Å². The molecule has 2 unspecified atom stereocenters. The number of amides is 2. The molecule has 2 heterocycles. The summed E-state index contributed by atoms with van der Waals surface area (Å²) in [5.74, 6) is 0.0257. The number of thiophene rings is 1. The minimum Gasteiger partial charge on any atom is -0.298 e. The molecule has 1 aliphatic heterocycles. The highest BCUT2D eigenvalue weighted by Crippen LogP contribution is 2.27. The average Bonchev–Trinajstić information content (AvgIpc) is 2.80. The summed E-state index contributed by atoms with van der Waals surface area (Å²) in [6.45, 7) is 4.26. The van der Waals surface area contributed by atoms with Crippen molar-refractivity contribution in [3.05, 3.63) is 22.4 Å². The molecule has 0 aliphatic carbocycles. The normalized spacial score (nSPS) is 22.1. The Morgan fingerprint density at radius 3 is 2.78 bits per heavy atom. The first-order valence-electron chi connectivity index (χ1n) is 6.21. The molecule has 0 bridgehead atoms. The van der Waals surface area contributed by atoms with E-state index in [-0.39, 0.29) is 23.9 Å². The first-order chi connectivity index (χ1) is 8.58. The topological polar surface area (TPSA) is 58.2 Å². The zero-order chi connectivity index (χ0) is 13.1. The van der Waals surface area contributed by atoms with Crippen molar-refractivity contribution in [1.82, 2.24) is 10.6 Å². The summed E-state index contributed by atoms with van der Waals surface area (Å²) in [4.78, 5) is 24.1. The third-order valence-electron chi connectivity index (χ3n) is 3.14. The van der Waals surface area contributed by atoms with E-state index in [0.29, 0.717) is 18.8 Å². The Labute approximate surface area is 111 Å². The Balaban J connectivity index is 2.06. The van der Waals surface area contributed by atoms with E-state index in [1.165, 1.54) is 4.88 Å². The summed E-state index contributed by atoms with van der Waals surface area (Å²) in [6, 6.07) is 3.99. The van der Waals surface area contributed by atoms with E-state index in [1.807, 2.05) is 11.4 Å². The number of hydrogen-bond acceptors (Lipinski definition) is 4. The minimum atomic E-state index is -0.266. The fraction of sp³-hybridized carbons (Fsp3) is 0.538. The van der Waals surface area contributed by atoms with Crippen LogP contribution in [0.15, 0.2) is 17.5 Å². The van der Waals surface area contributed by atoms with Crippen molar-refractivity contribution >= 4 is 23.2 Å². The van der Waals surface area contributed by atoms with Crippen molar-refractivity contribution in [1.29, 1.82) is 0 Å². The van der Waals surface area contributed by atoms with E-state index in [9.17, 15) is 9.59 Å². The summed E-state index contributed by atoms with van der Waals surface area (Å²) in [6.07, 6.45) is 0.998. The molecule has 5 heteroatoms. The molecule has 1 saturated heterocycles. The van der Waals surface area contributed by atoms with Gasteiger partial charge in [0, 0.05) is 17.3 Å². The molecule has 2 amide bonds. The van der Waals surface area contributed by atoms with Gasteiger partial charge in [0.15, 0.2) is 0 Å². The Hall–Kier alpha value is -1.20. The lowest BCUT2D eigenvalue weighted by Gasteiger charge is -2.29. The molecule has 2 rings (SSSR count). The fourth-order valence-electron chi connectivity index (χ4n) is 2.14. The van der Waals surface area contributed by atoms with Gasteiger partial charge in [0.1, 0.15) is 0 Å². The molecule has 0 saturated carbocycles. The van der Waals surface area contributed by atoms with Gasteiger partial charge in [-0.1, -0.05) is 19.9 Å². The van der Waals surface area contributed by atoms with E-state index in [0.717, 1.165) is 0 Å². The molecule has 2 N–H and O–H groups in total. The molecule has 0 aromatic carbocycles. The fourth-order valence-corrected chi connectivity index (χ4v) is 3.10. The van der Waals surface area contributed by atoms with Gasteiger partial charge in [-0.3, -0.25) is 20.2 Å². The molecular formula is C13H18N2O2S. The molecule has 98 valence electrons. The summed E-state index contributed by atoms with van der Waals surface area (Å²) in [7, 11) is 0. The SMILES string of the molecule is CC(C)C(NC1CCC(=O)NC1=O)c1cccs1. The second-order valence-corrected chi connectivity index (χ2v) is 5.89. The summed E-state index contributed by atoms with van der Waals surface area (Å²) < 4.78 is 0. The number of hydrogen-bond donors (Lipinski definition) is 2. The molecule has 2 atom stereocenters. The van der Waals surface area contributed by atoms with E-state index >= 15 is 0 Å². The van der Waals surface area contributed by atoms with Crippen LogP contribution < -0.4 is 10.6 Å². The highest BCUT2D eigenvalue weighted by atomic mass is 32.1. The van der Waals surface area contributed by atoms with Gasteiger partial charge >= 0.3 is 0 Å². The summed E-state index contributed by atoms with van der Waals surface area (Å²) in [5, 5.41) is 7.79. The number of piperidine rings is 1. The van der Waals surface area contributed by atoms with Crippen LogP contribution in [0.3, 0.4) is 0 Å². The highest BCUT2D eigenvalue weighted by Gasteiger charge is 2.30. The maximum Gasteiger partial charge on any atom is 0.243 e. The molecule has 1 aromatic heterocycles. The lowest BCUT2D eigenvalue weighted by Crippen LogP contribution is -2.52. The first-order valence-corrected chi connectivity index (χ1v) is 7.09. The van der Waals surface area contributed by atoms with Gasteiger partial charge in [-0.15, -0.1) is 11.3 Å². The van der Waals surface area contributed by atoms with Gasteiger partial charge in [0.2, 0.25) is 11.8 Å². The number of carbonyl (C=O) groups is 2. The Morgan fingerprint density at radius 1 is 1.44 bits per heavy atom. The molecule has 18 heavy (non-hydrogen) atoms. The smallest absolute Gasteiger partial charge is 0.243 e. The second kappa shape index (κ2) is 5.63. The average molecular weight is 266 g/mol. The molecule has 4 nitrogen and oxygen atoms in total. The summed E-state index contributed by atoms with van der Waals surface area (Å²) >= 11 is 1.69. The van der Waals surface area contributed by atoms with Gasteiger partial charge in [-0.05, 0) is 23.8 Å². The number of rotatable bonds is 4. The molecule has 1 aliphatic rings. The summed E-state index contributed by atoms with van der Waals surface area (Å²) in [5.41, 5.74) is 0. The van der Waals surface area contributed by atoms with Gasteiger partial charge in [0.25, 0.3) is 0 Å². The van der Waals surface area contributed by atoms with E-state index < -0.39 is 0 Å². The van der Waals surface area contributed by atoms with Crippen LogP contribution in [0.25, 0.3) is 0 Å². The quantitative estimate of drug-likeness (QED) is 0.818. The van der Waals surface area contributed by atoms with Crippen LogP contribution in [0.1, 0.15) is 37.6 Å². The van der Waals surface area contributed by atoms with Crippen molar-refractivity contribution < 1.29 is 9.59 Å². The Bertz CT molecular complexity index is 428. The van der Waals surface area contributed by atoms with Crippen molar-refractivity contribution in [2.75, 3.05) is 0 Å². The number of imide groups is 1. The van der Waals surface area contributed by atoms with Crippen LogP contribution in [0.2, 0.25) is 0 Å². The molecular weight excluding hydrogens is 248 g/mol. The van der Waals surface area contributed by atoms with E-state index in [4.69, 9.17) is 0 Å². The van der Waals surface area contributed by atoms with E-state index in [2.05, 4.69) is 30.5 Å². The second-order valence-electron chi connectivity index (χ2n) is 4.91. The van der Waals surface area contributed by atoms with Crippen molar-refractivity contribution in [2.45, 2.75) is 38.8 Å². The first kappa shape index (κ1) is 13.2. The zero-order valence-corrected chi connectivity index (χ0v) is 11.4. The van der Waals surface area contributed by atoms with Gasteiger partial charge < -0.3 is 0 Å². The molecule has 0 spiro atoms. The van der Waals surface area contributed by atoms with Crippen LogP contribution in [0.5, 0.6) is 0 Å². The number of nitrogens with one attached hydrogen (secondary N) is 2. The van der Waals surface area contributed by atoms with Crippen LogP contribution in [-0.4, -0.2) is 17.9 Å². The van der Waals surface area contributed by atoms with Crippen LogP contribution in [-0.2, 0) is 9.59 Å². The zero-order valence-electron chi connectivity index (χ0n) is 10.6. The van der Waals surface area contributed by atoms with Gasteiger partial charge in [-0.25, -0.2) is 0 Å². The minimum absolute atomic E-state index is 0.161. The predicted octanol–water partition coefficient (Wildman–Crippen LogP) is 1.84. The third-order valence-corrected chi connectivity index (χ3v) is 4.09. The van der Waals surface area contributed by atoms with Crippen LogP contribution in [0, 0.1) is 5.92 Å². The van der Waals surface area contributed by atoms with Crippen LogP contribution >= 0.6 is 11.3 Å². The maximum atomic E-state index is 11.7. The molecule has 0 radical (unpaired) electrons. The third kappa shape index (κ3) is 2.97. The Morgan fingerprint density at radius 2 is 2.22 bits per heavy atom. The number of carbonyl (C=O) groups excluding carboxylic acids is 2. The standard InChI is InChI=1S/C13H18N2O2S/c1-8(2)12(10-4-3-7-18-10)14-9-5-6-11(16)15-13(9)17/h3-4,7-9,12,14H,5-6H2,1-2H3,(H,15,16,17). The molecule has 1 aromatic rings. The lowest BCUT2D eigenvalue weighted by atomic mass is 9.98. The van der Waals surface area contributed by atoms with Gasteiger partial charge in [-0.2, -0.15) is 0 Å². The van der Waals surface area contributed by atoms with Crippen molar-refractivity contribution in [2.24, 2.45) is 5.92 Å². The van der Waals surface area contributed by atoms with E-state index in [1.54, 1.807) is 11.3 Å². The van der Waals surface area contributed by atoms with Crippen molar-refractivity contribution in [3.8, 4) is 0 Å². The monoisotopic (exact) mass is 266 g/mol. The molecule has 1 fully saturated rings. The van der Waals surface area contributed by atoms with Crippen molar-refractivity contribution in [3.63, 3.8) is 0 Å².